The smallest absolute Gasteiger partial charge is 0.225 e. The summed E-state index contributed by atoms with van der Waals surface area (Å²) in [7, 11) is 0. The molecule has 0 saturated heterocycles. The van der Waals surface area contributed by atoms with Crippen molar-refractivity contribution in [3.63, 3.8) is 0 Å². The highest BCUT2D eigenvalue weighted by molar-refractivity contribution is 9.10. The number of aromatic amines is 1. The number of nitrogens with zero attached hydrogens (tertiary/aromatic N) is 1. The van der Waals surface area contributed by atoms with E-state index < -0.39 is 0 Å². The average Bonchev–Trinajstić information content (AvgIpc) is 2.48. The van der Waals surface area contributed by atoms with Crippen molar-refractivity contribution >= 4 is 27.7 Å². The van der Waals surface area contributed by atoms with Crippen molar-refractivity contribution in [3.05, 3.63) is 10.2 Å². The second-order valence-electron chi connectivity index (χ2n) is 2.62. The summed E-state index contributed by atoms with van der Waals surface area (Å²) in [6.45, 7) is 3.82. The van der Waals surface area contributed by atoms with E-state index in [-0.39, 0.29) is 5.91 Å². The minimum atomic E-state index is -0.0325. The van der Waals surface area contributed by atoms with Gasteiger partial charge in [-0.3, -0.25) is 9.89 Å². The van der Waals surface area contributed by atoms with Gasteiger partial charge in [0.2, 0.25) is 5.91 Å². The van der Waals surface area contributed by atoms with Gasteiger partial charge in [0, 0.05) is 6.42 Å². The van der Waals surface area contributed by atoms with Crippen LogP contribution in [-0.4, -0.2) is 16.1 Å². The highest BCUT2D eigenvalue weighted by atomic mass is 79.9. The maximum absolute atomic E-state index is 11.0. The molecule has 0 spiro atoms. The lowest BCUT2D eigenvalue weighted by atomic mass is 10.3. The van der Waals surface area contributed by atoms with Crippen LogP contribution in [0.1, 0.15) is 26.0 Å². The van der Waals surface area contributed by atoms with Crippen LogP contribution in [0.15, 0.2) is 4.47 Å². The summed E-state index contributed by atoms with van der Waals surface area (Å²) in [5, 5.41) is 9.50. The molecule has 0 radical (unpaired) electrons. The number of aromatic nitrogens is 2. The Morgan fingerprint density at radius 3 is 2.77 bits per heavy atom. The largest absolute Gasteiger partial charge is 0.308 e. The van der Waals surface area contributed by atoms with E-state index in [1.54, 1.807) is 6.92 Å². The zero-order valence-electron chi connectivity index (χ0n) is 7.65. The number of carbonyl (C=O) groups is 1. The standard InChI is InChI=1S/C8H12BrN3O/c1-3-5-7(9)8(12-11-5)10-6(13)4-2/h3-4H2,1-2H3,(H2,10,11,12,13). The first kappa shape index (κ1) is 10.2. The van der Waals surface area contributed by atoms with Gasteiger partial charge < -0.3 is 5.32 Å². The fourth-order valence-electron chi connectivity index (χ4n) is 0.902. The van der Waals surface area contributed by atoms with Gasteiger partial charge >= 0.3 is 0 Å². The van der Waals surface area contributed by atoms with Crippen LogP contribution in [0.2, 0.25) is 0 Å². The predicted octanol–water partition coefficient (Wildman–Crippen LogP) is 2.08. The fourth-order valence-corrected chi connectivity index (χ4v) is 1.46. The SMILES string of the molecule is CCC(=O)Nc1n[nH]c(CC)c1Br. The van der Waals surface area contributed by atoms with E-state index >= 15 is 0 Å². The van der Waals surface area contributed by atoms with E-state index in [9.17, 15) is 4.79 Å². The second-order valence-corrected chi connectivity index (χ2v) is 3.41. The van der Waals surface area contributed by atoms with Crippen LogP contribution >= 0.6 is 15.9 Å². The van der Waals surface area contributed by atoms with Crippen molar-refractivity contribution in [2.24, 2.45) is 0 Å². The lowest BCUT2D eigenvalue weighted by Gasteiger charge is -1.98. The molecule has 1 aromatic rings. The van der Waals surface area contributed by atoms with Crippen molar-refractivity contribution in [3.8, 4) is 0 Å². The van der Waals surface area contributed by atoms with Crippen LogP contribution < -0.4 is 5.32 Å². The molecule has 0 atom stereocenters. The number of amides is 1. The second kappa shape index (κ2) is 4.41. The predicted molar refractivity (Wildman–Crippen MR) is 54.6 cm³/mol. The Morgan fingerprint density at radius 2 is 2.31 bits per heavy atom. The molecule has 0 aliphatic rings. The van der Waals surface area contributed by atoms with Crippen LogP contribution in [0, 0.1) is 0 Å². The number of halogens is 1. The quantitative estimate of drug-likeness (QED) is 0.857. The summed E-state index contributed by atoms with van der Waals surface area (Å²) in [6.07, 6.45) is 1.32. The van der Waals surface area contributed by atoms with Gasteiger partial charge in [-0.2, -0.15) is 5.10 Å². The maximum atomic E-state index is 11.0. The lowest BCUT2D eigenvalue weighted by Crippen LogP contribution is -2.10. The summed E-state index contributed by atoms with van der Waals surface area (Å²) in [5.74, 6) is 0.540. The summed E-state index contributed by atoms with van der Waals surface area (Å²) in [4.78, 5) is 11.0. The van der Waals surface area contributed by atoms with Crippen molar-refractivity contribution in [2.75, 3.05) is 5.32 Å². The molecule has 0 saturated carbocycles. The molecule has 1 heterocycles. The van der Waals surface area contributed by atoms with Crippen LogP contribution in [0.3, 0.4) is 0 Å². The molecule has 0 aromatic carbocycles. The summed E-state index contributed by atoms with van der Waals surface area (Å²) >= 11 is 3.36. The molecular weight excluding hydrogens is 234 g/mol. The Bertz CT molecular complexity index is 308. The molecule has 1 aromatic heterocycles. The molecule has 1 rings (SSSR count). The van der Waals surface area contributed by atoms with Crippen molar-refractivity contribution < 1.29 is 4.79 Å². The Morgan fingerprint density at radius 1 is 1.62 bits per heavy atom. The number of nitrogens with one attached hydrogen (secondary N) is 2. The molecule has 2 N–H and O–H groups in total. The monoisotopic (exact) mass is 245 g/mol. The number of aryl methyl sites for hydroxylation is 1. The van der Waals surface area contributed by atoms with E-state index in [4.69, 9.17) is 0 Å². The van der Waals surface area contributed by atoms with Crippen LogP contribution in [0.25, 0.3) is 0 Å². The van der Waals surface area contributed by atoms with E-state index in [1.165, 1.54) is 0 Å². The van der Waals surface area contributed by atoms with Crippen LogP contribution in [-0.2, 0) is 11.2 Å². The van der Waals surface area contributed by atoms with Gasteiger partial charge in [0.15, 0.2) is 5.82 Å². The normalized spacial score (nSPS) is 10.1. The molecule has 1 amide bonds. The van der Waals surface area contributed by atoms with Gasteiger partial charge in [-0.25, -0.2) is 0 Å². The lowest BCUT2D eigenvalue weighted by molar-refractivity contribution is -0.115. The number of H-pyrrole nitrogens is 1. The van der Waals surface area contributed by atoms with E-state index in [2.05, 4.69) is 31.4 Å². The maximum Gasteiger partial charge on any atom is 0.225 e. The average molecular weight is 246 g/mol. The molecule has 0 aliphatic carbocycles. The molecule has 4 nitrogen and oxygen atoms in total. The topological polar surface area (TPSA) is 57.8 Å². The Labute approximate surface area is 85.2 Å². The molecule has 13 heavy (non-hydrogen) atoms. The van der Waals surface area contributed by atoms with Gasteiger partial charge in [0.1, 0.15) is 0 Å². The molecule has 72 valence electrons. The van der Waals surface area contributed by atoms with Crippen molar-refractivity contribution in [1.29, 1.82) is 0 Å². The molecule has 0 bridgehead atoms. The van der Waals surface area contributed by atoms with Crippen LogP contribution in [0.5, 0.6) is 0 Å². The van der Waals surface area contributed by atoms with Crippen molar-refractivity contribution in [1.82, 2.24) is 10.2 Å². The minimum Gasteiger partial charge on any atom is -0.308 e. The van der Waals surface area contributed by atoms with E-state index in [0.29, 0.717) is 12.2 Å². The summed E-state index contributed by atoms with van der Waals surface area (Å²) < 4.78 is 0.844. The number of hydrogen-bond donors (Lipinski definition) is 2. The van der Waals surface area contributed by atoms with Crippen molar-refractivity contribution in [2.45, 2.75) is 26.7 Å². The number of hydrogen-bond acceptors (Lipinski definition) is 2. The van der Waals surface area contributed by atoms with Crippen LogP contribution in [0.4, 0.5) is 5.82 Å². The Balaban J connectivity index is 2.78. The Kier molecular flexibility index (Phi) is 3.48. The highest BCUT2D eigenvalue weighted by Crippen LogP contribution is 2.23. The number of carbonyl (C=O) groups excluding carboxylic acids is 1. The van der Waals surface area contributed by atoms with Gasteiger partial charge in [-0.15, -0.1) is 0 Å². The third-order valence-electron chi connectivity index (χ3n) is 1.71. The van der Waals surface area contributed by atoms with Gasteiger partial charge in [-0.1, -0.05) is 13.8 Å². The zero-order chi connectivity index (χ0) is 9.84. The first-order chi connectivity index (χ1) is 6.19. The van der Waals surface area contributed by atoms with Gasteiger partial charge in [-0.05, 0) is 22.4 Å². The summed E-state index contributed by atoms with van der Waals surface area (Å²) in [5.41, 5.74) is 0.992. The number of anilines is 1. The molecule has 0 unspecified atom stereocenters. The summed E-state index contributed by atoms with van der Waals surface area (Å²) in [6, 6.07) is 0. The van der Waals surface area contributed by atoms with E-state index in [1.807, 2.05) is 6.92 Å². The molecule has 0 fully saturated rings. The first-order valence-electron chi connectivity index (χ1n) is 4.21. The fraction of sp³-hybridized carbons (Fsp3) is 0.500. The highest BCUT2D eigenvalue weighted by Gasteiger charge is 2.10. The first-order valence-corrected chi connectivity index (χ1v) is 5.00. The molecule has 5 heteroatoms. The zero-order valence-corrected chi connectivity index (χ0v) is 9.23. The minimum absolute atomic E-state index is 0.0325. The van der Waals surface area contributed by atoms with E-state index in [0.717, 1.165) is 16.6 Å². The Hall–Kier alpha value is -0.840. The van der Waals surface area contributed by atoms with Gasteiger partial charge in [0.05, 0.1) is 10.2 Å². The molecule has 0 aliphatic heterocycles. The third kappa shape index (κ3) is 2.30. The third-order valence-corrected chi connectivity index (χ3v) is 2.56. The molecular formula is C8H12BrN3O. The van der Waals surface area contributed by atoms with Gasteiger partial charge in [0.25, 0.3) is 0 Å². The number of rotatable bonds is 3.